The molecule has 0 aliphatic heterocycles. The van der Waals surface area contributed by atoms with Crippen molar-refractivity contribution in [1.29, 1.82) is 0 Å². The molecule has 0 bridgehead atoms. The van der Waals surface area contributed by atoms with Gasteiger partial charge >= 0.3 is 0 Å². The first kappa shape index (κ1) is 14.5. The van der Waals surface area contributed by atoms with Gasteiger partial charge in [-0.25, -0.2) is 0 Å². The van der Waals surface area contributed by atoms with Crippen LogP contribution in [0.5, 0.6) is 0 Å². The summed E-state index contributed by atoms with van der Waals surface area (Å²) in [6, 6.07) is 8.87. The van der Waals surface area contributed by atoms with Gasteiger partial charge in [0.2, 0.25) is 0 Å². The zero-order chi connectivity index (χ0) is 13.8. The van der Waals surface area contributed by atoms with E-state index in [1.54, 1.807) is 23.5 Å². The van der Waals surface area contributed by atoms with Crippen LogP contribution in [0.4, 0.5) is 5.69 Å². The lowest BCUT2D eigenvalue weighted by molar-refractivity contribution is -0.384. The summed E-state index contributed by atoms with van der Waals surface area (Å²) in [5, 5.41) is 14.2. The third kappa shape index (κ3) is 4.01. The van der Waals surface area contributed by atoms with Crippen LogP contribution < -0.4 is 5.32 Å². The highest BCUT2D eigenvalue weighted by Gasteiger charge is 2.12. The van der Waals surface area contributed by atoms with Crippen LogP contribution in [-0.2, 0) is 13.1 Å². The summed E-state index contributed by atoms with van der Waals surface area (Å²) in [6.45, 7) is 1.29. The van der Waals surface area contributed by atoms with E-state index < -0.39 is 4.92 Å². The Hall–Kier alpha value is -0.950. The number of nitrogens with zero attached hydrogens (tertiary/aromatic N) is 1. The Morgan fingerprint density at radius 2 is 2.11 bits per heavy atom. The van der Waals surface area contributed by atoms with Gasteiger partial charge in [-0.05, 0) is 39.7 Å². The Kier molecular flexibility index (Phi) is 4.93. The molecule has 2 aromatic rings. The molecule has 4 nitrogen and oxygen atoms in total. The molecule has 0 aliphatic rings. The molecule has 0 radical (unpaired) electrons. The van der Waals surface area contributed by atoms with Gasteiger partial charge in [-0.1, -0.05) is 17.7 Å². The summed E-state index contributed by atoms with van der Waals surface area (Å²) in [5.74, 6) is 0. The van der Waals surface area contributed by atoms with Crippen LogP contribution in [0.15, 0.2) is 34.1 Å². The Bertz CT molecular complexity index is 603. The lowest BCUT2D eigenvalue weighted by atomic mass is 10.2. The maximum absolute atomic E-state index is 10.8. The van der Waals surface area contributed by atoms with E-state index in [9.17, 15) is 10.1 Å². The van der Waals surface area contributed by atoms with E-state index >= 15 is 0 Å². The minimum Gasteiger partial charge on any atom is -0.308 e. The summed E-state index contributed by atoms with van der Waals surface area (Å²) in [6.07, 6.45) is 0. The number of nitro benzene ring substituents is 1. The van der Waals surface area contributed by atoms with Gasteiger partial charge in [0.25, 0.3) is 5.69 Å². The smallest absolute Gasteiger partial charge is 0.288 e. The summed E-state index contributed by atoms with van der Waals surface area (Å²) < 4.78 is 1.09. The minimum absolute atomic E-state index is 0.0557. The molecule has 7 heteroatoms. The number of hydrogen-bond donors (Lipinski definition) is 1. The third-order valence-electron chi connectivity index (χ3n) is 2.46. The lowest BCUT2D eigenvalue weighted by Crippen LogP contribution is -2.11. The zero-order valence-electron chi connectivity index (χ0n) is 9.73. The Morgan fingerprint density at radius 3 is 2.74 bits per heavy atom. The number of halogens is 2. The highest BCUT2D eigenvalue weighted by Crippen LogP contribution is 2.25. The van der Waals surface area contributed by atoms with E-state index in [4.69, 9.17) is 11.6 Å². The topological polar surface area (TPSA) is 55.2 Å². The van der Waals surface area contributed by atoms with Gasteiger partial charge < -0.3 is 5.32 Å². The van der Waals surface area contributed by atoms with E-state index in [-0.39, 0.29) is 10.7 Å². The average Bonchev–Trinajstić information content (AvgIpc) is 2.77. The van der Waals surface area contributed by atoms with Crippen LogP contribution >= 0.6 is 38.9 Å². The number of nitro groups is 1. The van der Waals surface area contributed by atoms with E-state index in [0.29, 0.717) is 6.54 Å². The van der Waals surface area contributed by atoms with Crippen LogP contribution in [0.1, 0.15) is 10.4 Å². The number of thiophene rings is 1. The molecule has 100 valence electrons. The van der Waals surface area contributed by atoms with Crippen molar-refractivity contribution in [2.75, 3.05) is 0 Å². The van der Waals surface area contributed by atoms with Crippen LogP contribution in [0.3, 0.4) is 0 Å². The molecule has 1 aromatic carbocycles. The third-order valence-corrected chi connectivity index (χ3v) is 4.41. The van der Waals surface area contributed by atoms with Crippen LogP contribution in [-0.4, -0.2) is 4.92 Å². The molecule has 2 rings (SSSR count). The van der Waals surface area contributed by atoms with Gasteiger partial charge in [-0.3, -0.25) is 10.1 Å². The predicted octanol–water partition coefficient (Wildman–Crippen LogP) is 4.36. The molecule has 1 aromatic heterocycles. The molecule has 0 amide bonds. The number of benzene rings is 1. The quantitative estimate of drug-likeness (QED) is 0.636. The van der Waals surface area contributed by atoms with E-state index in [0.717, 1.165) is 15.9 Å². The van der Waals surface area contributed by atoms with Gasteiger partial charge in [0, 0.05) is 24.0 Å². The predicted molar refractivity (Wildman–Crippen MR) is 80.7 cm³/mol. The normalized spacial score (nSPS) is 10.6. The largest absolute Gasteiger partial charge is 0.308 e. The van der Waals surface area contributed by atoms with Crippen molar-refractivity contribution in [1.82, 2.24) is 5.32 Å². The molecule has 0 atom stereocenters. The molecule has 1 heterocycles. The molecule has 19 heavy (non-hydrogen) atoms. The molecule has 1 N–H and O–H groups in total. The van der Waals surface area contributed by atoms with Gasteiger partial charge in [0.05, 0.1) is 8.71 Å². The second-order valence-electron chi connectivity index (χ2n) is 3.85. The van der Waals surface area contributed by atoms with Gasteiger partial charge in [-0.2, -0.15) is 0 Å². The van der Waals surface area contributed by atoms with Gasteiger partial charge in [0.1, 0.15) is 5.02 Å². The zero-order valence-corrected chi connectivity index (χ0v) is 12.9. The fourth-order valence-corrected chi connectivity index (χ4v) is 3.22. The van der Waals surface area contributed by atoms with E-state index in [1.807, 2.05) is 12.1 Å². The Labute approximate surface area is 127 Å². The second kappa shape index (κ2) is 6.47. The van der Waals surface area contributed by atoms with Crippen molar-refractivity contribution in [3.63, 3.8) is 0 Å². The molecule has 0 aliphatic carbocycles. The lowest BCUT2D eigenvalue weighted by Gasteiger charge is -2.04. The Balaban J connectivity index is 1.96. The van der Waals surface area contributed by atoms with Crippen LogP contribution in [0, 0.1) is 10.1 Å². The first-order chi connectivity index (χ1) is 9.06. The van der Waals surface area contributed by atoms with Crippen LogP contribution in [0.25, 0.3) is 0 Å². The monoisotopic (exact) mass is 360 g/mol. The van der Waals surface area contributed by atoms with Crippen molar-refractivity contribution in [3.05, 3.63) is 59.7 Å². The number of rotatable bonds is 5. The molecule has 0 spiro atoms. The van der Waals surface area contributed by atoms with Gasteiger partial charge in [-0.15, -0.1) is 11.3 Å². The standard InChI is InChI=1S/C12H10BrClN2O2S/c13-12-4-2-9(19-12)7-15-6-8-1-3-10(14)11(5-8)16(17)18/h1-5,15H,6-7H2. The number of nitrogens with one attached hydrogen (secondary N) is 1. The van der Waals surface area contributed by atoms with Crippen molar-refractivity contribution in [3.8, 4) is 0 Å². The first-order valence-corrected chi connectivity index (χ1v) is 7.43. The summed E-state index contributed by atoms with van der Waals surface area (Å²) in [5.41, 5.74) is 0.784. The molecule has 0 saturated heterocycles. The van der Waals surface area contributed by atoms with Crippen molar-refractivity contribution in [2.45, 2.75) is 13.1 Å². The van der Waals surface area contributed by atoms with Crippen molar-refractivity contribution < 1.29 is 4.92 Å². The second-order valence-corrected chi connectivity index (χ2v) is 6.81. The van der Waals surface area contributed by atoms with Crippen LogP contribution in [0.2, 0.25) is 5.02 Å². The maximum atomic E-state index is 10.8. The minimum atomic E-state index is -0.470. The summed E-state index contributed by atoms with van der Waals surface area (Å²) in [7, 11) is 0. The molecular formula is C12H10BrClN2O2S. The molecule has 0 unspecified atom stereocenters. The highest BCUT2D eigenvalue weighted by molar-refractivity contribution is 9.11. The molecule has 0 fully saturated rings. The average molecular weight is 362 g/mol. The molecule has 0 saturated carbocycles. The van der Waals surface area contributed by atoms with E-state index in [2.05, 4.69) is 21.2 Å². The SMILES string of the molecule is O=[N+]([O-])c1cc(CNCc2ccc(Br)s2)ccc1Cl. The van der Waals surface area contributed by atoms with Gasteiger partial charge in [0.15, 0.2) is 0 Å². The van der Waals surface area contributed by atoms with Crippen molar-refractivity contribution >= 4 is 44.6 Å². The van der Waals surface area contributed by atoms with E-state index in [1.165, 1.54) is 10.9 Å². The number of hydrogen-bond acceptors (Lipinski definition) is 4. The fourth-order valence-electron chi connectivity index (χ4n) is 1.58. The highest BCUT2D eigenvalue weighted by atomic mass is 79.9. The first-order valence-electron chi connectivity index (χ1n) is 5.44. The summed E-state index contributed by atoms with van der Waals surface area (Å²) >= 11 is 10.8. The molecular weight excluding hydrogens is 352 g/mol. The fraction of sp³-hybridized carbons (Fsp3) is 0.167. The summed E-state index contributed by atoms with van der Waals surface area (Å²) in [4.78, 5) is 11.5. The van der Waals surface area contributed by atoms with Crippen molar-refractivity contribution in [2.24, 2.45) is 0 Å². The maximum Gasteiger partial charge on any atom is 0.288 e. The Morgan fingerprint density at radius 1 is 1.32 bits per heavy atom.